The Labute approximate surface area is 178 Å². The van der Waals surface area contributed by atoms with Crippen molar-refractivity contribution in [3.05, 3.63) is 76.1 Å². The fraction of sp³-hybridized carbons (Fsp3) is 0.261. The van der Waals surface area contributed by atoms with Gasteiger partial charge in [-0.15, -0.1) is 11.3 Å². The monoisotopic (exact) mass is 421 g/mol. The predicted molar refractivity (Wildman–Crippen MR) is 117 cm³/mol. The van der Waals surface area contributed by atoms with Crippen molar-refractivity contribution in [1.82, 2.24) is 15.5 Å². The number of hydrogen-bond donors (Lipinski definition) is 1. The molecule has 1 amide bonds. The van der Waals surface area contributed by atoms with Crippen LogP contribution in [0.4, 0.5) is 0 Å². The van der Waals surface area contributed by atoms with Crippen molar-refractivity contribution in [2.45, 2.75) is 33.3 Å². The Morgan fingerprint density at radius 2 is 2.03 bits per heavy atom. The van der Waals surface area contributed by atoms with Crippen LogP contribution < -0.4 is 10.1 Å². The van der Waals surface area contributed by atoms with Gasteiger partial charge in [-0.05, 0) is 50.6 Å². The van der Waals surface area contributed by atoms with E-state index in [-0.39, 0.29) is 5.91 Å². The highest BCUT2D eigenvalue weighted by Gasteiger charge is 2.11. The van der Waals surface area contributed by atoms with Crippen molar-refractivity contribution in [3.8, 4) is 5.75 Å². The lowest BCUT2D eigenvalue weighted by Crippen LogP contribution is -2.24. The summed E-state index contributed by atoms with van der Waals surface area (Å²) in [5.41, 5.74) is 3.36. The first-order chi connectivity index (χ1) is 14.6. The van der Waals surface area contributed by atoms with E-state index < -0.39 is 0 Å². The average Bonchev–Trinajstić information content (AvgIpc) is 3.32. The van der Waals surface area contributed by atoms with Crippen LogP contribution in [0, 0.1) is 13.8 Å². The van der Waals surface area contributed by atoms with Crippen molar-refractivity contribution >= 4 is 27.5 Å². The molecular formula is C23H23N3O3S. The molecule has 0 spiro atoms. The van der Waals surface area contributed by atoms with Crippen molar-refractivity contribution in [2.75, 3.05) is 6.54 Å². The molecule has 154 valence electrons. The maximum atomic E-state index is 12.5. The van der Waals surface area contributed by atoms with Crippen LogP contribution in [0.15, 0.2) is 53.1 Å². The summed E-state index contributed by atoms with van der Waals surface area (Å²) in [5, 5.41) is 8.00. The van der Waals surface area contributed by atoms with Gasteiger partial charge in [-0.25, -0.2) is 4.98 Å². The van der Waals surface area contributed by atoms with Crippen LogP contribution in [0.3, 0.4) is 0 Å². The van der Waals surface area contributed by atoms with Gasteiger partial charge in [0.15, 0.2) is 0 Å². The number of fused-ring (bicyclic) bond motifs is 1. The first-order valence-electron chi connectivity index (χ1n) is 9.87. The highest BCUT2D eigenvalue weighted by Crippen LogP contribution is 2.22. The molecule has 0 saturated heterocycles. The number of para-hydroxylation sites is 1. The van der Waals surface area contributed by atoms with Crippen LogP contribution in [0.5, 0.6) is 5.75 Å². The Balaban J connectivity index is 1.27. The fourth-order valence-corrected chi connectivity index (χ4v) is 4.17. The van der Waals surface area contributed by atoms with Gasteiger partial charge >= 0.3 is 0 Å². The number of rotatable bonds is 8. The summed E-state index contributed by atoms with van der Waals surface area (Å²) >= 11 is 1.71. The minimum Gasteiger partial charge on any atom is -0.489 e. The second kappa shape index (κ2) is 9.09. The number of thiazole rings is 1. The number of amides is 1. The standard InChI is InChI=1S/C23H23N3O3S/c1-15-19(16(2)29-26-15)14-28-18-8-5-7-17(13-18)23(27)24-12-6-11-22-25-20-9-3-4-10-21(20)30-22/h3-5,7-10,13H,6,11-12,14H2,1-2H3,(H,24,27). The first-order valence-corrected chi connectivity index (χ1v) is 10.7. The smallest absolute Gasteiger partial charge is 0.251 e. The summed E-state index contributed by atoms with van der Waals surface area (Å²) in [6.45, 7) is 4.69. The zero-order valence-electron chi connectivity index (χ0n) is 17.0. The second-order valence-electron chi connectivity index (χ2n) is 7.05. The van der Waals surface area contributed by atoms with Gasteiger partial charge in [0.2, 0.25) is 0 Å². The van der Waals surface area contributed by atoms with E-state index in [1.54, 1.807) is 23.5 Å². The number of ether oxygens (including phenoxy) is 1. The van der Waals surface area contributed by atoms with E-state index in [9.17, 15) is 4.79 Å². The largest absolute Gasteiger partial charge is 0.489 e. The molecule has 0 fully saturated rings. The van der Waals surface area contributed by atoms with Crippen molar-refractivity contribution in [3.63, 3.8) is 0 Å². The van der Waals surface area contributed by atoms with E-state index in [0.29, 0.717) is 24.5 Å². The number of nitrogens with zero attached hydrogens (tertiary/aromatic N) is 2. The van der Waals surface area contributed by atoms with Gasteiger partial charge in [-0.1, -0.05) is 23.4 Å². The van der Waals surface area contributed by atoms with Gasteiger partial charge in [-0.3, -0.25) is 4.79 Å². The van der Waals surface area contributed by atoms with E-state index in [1.807, 2.05) is 44.2 Å². The Bertz CT molecular complexity index is 1110. The molecule has 4 aromatic rings. The molecule has 0 aliphatic rings. The summed E-state index contributed by atoms with van der Waals surface area (Å²) in [6.07, 6.45) is 1.69. The molecule has 7 heteroatoms. The fourth-order valence-electron chi connectivity index (χ4n) is 3.16. The van der Waals surface area contributed by atoms with Crippen LogP contribution >= 0.6 is 11.3 Å². The SMILES string of the molecule is Cc1noc(C)c1COc1cccc(C(=O)NCCCc2nc3ccccc3s2)c1. The quantitative estimate of drug-likeness (QED) is 0.412. The third-order valence-electron chi connectivity index (χ3n) is 4.85. The van der Waals surface area contributed by atoms with Crippen LogP contribution in [-0.4, -0.2) is 22.6 Å². The molecule has 0 saturated carbocycles. The number of carbonyl (C=O) groups excluding carboxylic acids is 1. The van der Waals surface area contributed by atoms with Crippen LogP contribution in [0.25, 0.3) is 10.2 Å². The molecule has 0 bridgehead atoms. The van der Waals surface area contributed by atoms with Gasteiger partial charge in [0.05, 0.1) is 26.5 Å². The Kier molecular flexibility index (Phi) is 6.09. The van der Waals surface area contributed by atoms with E-state index in [4.69, 9.17) is 9.26 Å². The van der Waals surface area contributed by atoms with Gasteiger partial charge in [0.1, 0.15) is 18.1 Å². The van der Waals surface area contributed by atoms with E-state index in [2.05, 4.69) is 21.5 Å². The number of nitrogens with one attached hydrogen (secondary N) is 1. The van der Waals surface area contributed by atoms with Crippen molar-refractivity contribution in [1.29, 1.82) is 0 Å². The number of benzene rings is 2. The second-order valence-corrected chi connectivity index (χ2v) is 8.17. The van der Waals surface area contributed by atoms with Crippen LogP contribution in [-0.2, 0) is 13.0 Å². The van der Waals surface area contributed by atoms with E-state index in [1.165, 1.54) is 4.70 Å². The first kappa shape index (κ1) is 20.1. The van der Waals surface area contributed by atoms with Crippen LogP contribution in [0.2, 0.25) is 0 Å². The number of aromatic nitrogens is 2. The summed E-state index contributed by atoms with van der Waals surface area (Å²) in [5.74, 6) is 1.27. The van der Waals surface area contributed by atoms with Gasteiger partial charge in [0, 0.05) is 18.5 Å². The minimum absolute atomic E-state index is 0.109. The normalized spacial score (nSPS) is 11.0. The zero-order chi connectivity index (χ0) is 20.9. The summed E-state index contributed by atoms with van der Waals surface area (Å²) in [6, 6.07) is 15.3. The predicted octanol–water partition coefficient (Wildman–Crippen LogP) is 4.84. The molecule has 2 aromatic heterocycles. The zero-order valence-corrected chi connectivity index (χ0v) is 17.8. The maximum Gasteiger partial charge on any atom is 0.251 e. The molecule has 0 atom stereocenters. The molecule has 30 heavy (non-hydrogen) atoms. The Morgan fingerprint density at radius 3 is 2.83 bits per heavy atom. The summed E-state index contributed by atoms with van der Waals surface area (Å²) < 4.78 is 12.2. The highest BCUT2D eigenvalue weighted by molar-refractivity contribution is 7.18. The van der Waals surface area contributed by atoms with Gasteiger partial charge in [-0.2, -0.15) is 0 Å². The molecule has 4 rings (SSSR count). The Hall–Kier alpha value is -3.19. The third kappa shape index (κ3) is 4.68. The molecule has 2 aromatic carbocycles. The van der Waals surface area contributed by atoms with Crippen molar-refractivity contribution < 1.29 is 14.1 Å². The molecule has 0 aliphatic heterocycles. The molecule has 0 unspecified atom stereocenters. The Morgan fingerprint density at radius 1 is 1.17 bits per heavy atom. The van der Waals surface area contributed by atoms with E-state index >= 15 is 0 Å². The molecular weight excluding hydrogens is 398 g/mol. The van der Waals surface area contributed by atoms with Crippen molar-refractivity contribution in [2.24, 2.45) is 0 Å². The summed E-state index contributed by atoms with van der Waals surface area (Å²) in [4.78, 5) is 17.1. The van der Waals surface area contributed by atoms with Gasteiger partial charge in [0.25, 0.3) is 5.91 Å². The number of aryl methyl sites for hydroxylation is 3. The lowest BCUT2D eigenvalue weighted by atomic mass is 10.2. The molecule has 0 radical (unpaired) electrons. The summed E-state index contributed by atoms with van der Waals surface area (Å²) in [7, 11) is 0. The van der Waals surface area contributed by atoms with Crippen LogP contribution in [0.1, 0.15) is 38.8 Å². The highest BCUT2D eigenvalue weighted by atomic mass is 32.1. The number of hydrogen-bond acceptors (Lipinski definition) is 6. The average molecular weight is 422 g/mol. The molecule has 1 N–H and O–H groups in total. The van der Waals surface area contributed by atoms with E-state index in [0.717, 1.165) is 40.4 Å². The third-order valence-corrected chi connectivity index (χ3v) is 5.95. The lowest BCUT2D eigenvalue weighted by molar-refractivity contribution is 0.0952. The minimum atomic E-state index is -0.109. The van der Waals surface area contributed by atoms with Gasteiger partial charge < -0.3 is 14.6 Å². The topological polar surface area (TPSA) is 77.2 Å². The molecule has 2 heterocycles. The molecule has 6 nitrogen and oxygen atoms in total. The maximum absolute atomic E-state index is 12.5. The number of carbonyl (C=O) groups is 1. The molecule has 0 aliphatic carbocycles. The lowest BCUT2D eigenvalue weighted by Gasteiger charge is -2.08.